The predicted molar refractivity (Wildman–Crippen MR) is 149 cm³/mol. The molecule has 1 aliphatic carbocycles. The van der Waals surface area contributed by atoms with Crippen LogP contribution < -0.4 is 23.7 Å². The number of hydrogen-bond acceptors (Lipinski definition) is 9. The van der Waals surface area contributed by atoms with Gasteiger partial charge in [-0.1, -0.05) is 12.1 Å². The van der Waals surface area contributed by atoms with Gasteiger partial charge < -0.3 is 39.0 Å². The van der Waals surface area contributed by atoms with E-state index in [2.05, 4.69) is 0 Å². The zero-order chi connectivity index (χ0) is 29.1. The molecule has 4 rings (SSSR count). The Bertz CT molecular complexity index is 1450. The number of methoxy groups -OCH3 is 5. The van der Waals surface area contributed by atoms with E-state index in [9.17, 15) is 20.1 Å². The Morgan fingerprint density at radius 1 is 0.750 bits per heavy atom. The molecule has 0 aliphatic heterocycles. The number of benzene rings is 3. The number of aliphatic hydroxyl groups excluding tert-OH is 3. The molecule has 0 bridgehead atoms. The molecule has 1 aliphatic rings. The van der Waals surface area contributed by atoms with Crippen LogP contribution in [-0.2, 0) is 19.8 Å². The number of carbonyl (C=O) groups is 1. The van der Waals surface area contributed by atoms with Crippen molar-refractivity contribution in [1.82, 2.24) is 0 Å². The van der Waals surface area contributed by atoms with Crippen molar-refractivity contribution in [3.05, 3.63) is 80.4 Å². The van der Waals surface area contributed by atoms with E-state index in [1.54, 1.807) is 31.4 Å². The van der Waals surface area contributed by atoms with E-state index in [1.165, 1.54) is 28.4 Å². The van der Waals surface area contributed by atoms with Crippen LogP contribution in [0.5, 0.6) is 28.7 Å². The van der Waals surface area contributed by atoms with Crippen LogP contribution in [0.15, 0.2) is 35.9 Å². The zero-order valence-corrected chi connectivity index (χ0v) is 23.5. The number of allylic oxidation sites excluding steroid dienone is 1. The van der Waals surface area contributed by atoms with Crippen LogP contribution in [0, 0.1) is 6.92 Å². The number of Topliss-reactive ketones (excluding diaryl/α,β-unsaturated/α-hetero) is 1. The quantitative estimate of drug-likeness (QED) is 0.322. The number of fused-ring (bicyclic) bond motifs is 1. The van der Waals surface area contributed by atoms with Crippen LogP contribution in [0.1, 0.15) is 55.2 Å². The Kier molecular flexibility index (Phi) is 8.68. The molecule has 0 radical (unpaired) electrons. The van der Waals surface area contributed by atoms with E-state index in [0.717, 1.165) is 5.56 Å². The number of carbonyl (C=O) groups excluding carboxylic acids is 1. The third kappa shape index (κ3) is 4.66. The molecule has 0 saturated carbocycles. The summed E-state index contributed by atoms with van der Waals surface area (Å²) in [5.41, 5.74) is 4.65. The first kappa shape index (κ1) is 28.9. The van der Waals surface area contributed by atoms with Gasteiger partial charge in [-0.25, -0.2) is 0 Å². The largest absolute Gasteiger partial charge is 0.496 e. The summed E-state index contributed by atoms with van der Waals surface area (Å²) in [4.78, 5) is 14.1. The van der Waals surface area contributed by atoms with Gasteiger partial charge in [0.25, 0.3) is 0 Å². The van der Waals surface area contributed by atoms with Gasteiger partial charge >= 0.3 is 0 Å². The molecule has 3 aromatic carbocycles. The second-order valence-electron chi connectivity index (χ2n) is 9.30. The van der Waals surface area contributed by atoms with Crippen LogP contribution in [0.4, 0.5) is 0 Å². The topological polar surface area (TPSA) is 124 Å². The maximum Gasteiger partial charge on any atom is 0.190 e. The lowest BCUT2D eigenvalue weighted by Gasteiger charge is -2.22. The van der Waals surface area contributed by atoms with E-state index in [4.69, 9.17) is 23.7 Å². The molecule has 0 heterocycles. The Balaban J connectivity index is 2.11. The molecule has 0 saturated heterocycles. The summed E-state index contributed by atoms with van der Waals surface area (Å²) in [5, 5.41) is 30.4. The molecule has 212 valence electrons. The highest BCUT2D eigenvalue weighted by atomic mass is 16.5. The molecular formula is C31H34O9. The first-order valence-corrected chi connectivity index (χ1v) is 12.6. The average Bonchev–Trinajstić information content (AvgIpc) is 3.25. The Morgan fingerprint density at radius 3 is 1.95 bits per heavy atom. The lowest BCUT2D eigenvalue weighted by molar-refractivity contribution is 0.103. The fourth-order valence-electron chi connectivity index (χ4n) is 5.50. The lowest BCUT2D eigenvalue weighted by atomic mass is 9.85. The van der Waals surface area contributed by atoms with Crippen molar-refractivity contribution in [2.75, 3.05) is 35.5 Å². The fraction of sp³-hybridized carbons (Fsp3) is 0.323. The molecule has 0 spiro atoms. The summed E-state index contributed by atoms with van der Waals surface area (Å²) < 4.78 is 28.1. The van der Waals surface area contributed by atoms with Gasteiger partial charge in [0.1, 0.15) is 5.75 Å². The van der Waals surface area contributed by atoms with Gasteiger partial charge in [0.2, 0.25) is 0 Å². The van der Waals surface area contributed by atoms with Crippen LogP contribution in [-0.4, -0.2) is 56.7 Å². The molecule has 0 amide bonds. The molecule has 1 atom stereocenters. The van der Waals surface area contributed by atoms with E-state index in [1.807, 2.05) is 19.1 Å². The van der Waals surface area contributed by atoms with Crippen molar-refractivity contribution in [2.24, 2.45) is 0 Å². The van der Waals surface area contributed by atoms with Gasteiger partial charge in [-0.3, -0.25) is 4.79 Å². The summed E-state index contributed by atoms with van der Waals surface area (Å²) in [6.45, 7) is 0.786. The fourth-order valence-corrected chi connectivity index (χ4v) is 5.50. The number of ketones is 1. The summed E-state index contributed by atoms with van der Waals surface area (Å²) >= 11 is 0. The highest BCUT2D eigenvalue weighted by Crippen LogP contribution is 2.51. The number of rotatable bonds is 10. The summed E-state index contributed by atoms with van der Waals surface area (Å²) in [6.07, 6.45) is 1.75. The molecule has 0 fully saturated rings. The normalized spacial score (nSPS) is 15.3. The van der Waals surface area contributed by atoms with Crippen molar-refractivity contribution in [1.29, 1.82) is 0 Å². The third-order valence-electron chi connectivity index (χ3n) is 7.29. The monoisotopic (exact) mass is 550 g/mol. The van der Waals surface area contributed by atoms with Crippen molar-refractivity contribution < 1.29 is 43.8 Å². The van der Waals surface area contributed by atoms with Crippen LogP contribution >= 0.6 is 0 Å². The third-order valence-corrected chi connectivity index (χ3v) is 7.29. The summed E-state index contributed by atoms with van der Waals surface area (Å²) in [7, 11) is 7.53. The smallest absolute Gasteiger partial charge is 0.190 e. The Hall–Kier alpha value is -4.05. The van der Waals surface area contributed by atoms with Gasteiger partial charge in [0, 0.05) is 39.3 Å². The standard InChI is InChI=1S/C31H34O9/c1-16-7-8-17(30(39-5)28(16)37-3)10-21-25(18-9-20(14-33)29(38-4)24(12-18)36-2)26-22(27(21)35)11-19(13-32)23(15-34)31(26)40-6/h7-12,25,32-34H,13-15H2,1-6H3/b21-10-. The van der Waals surface area contributed by atoms with E-state index >= 15 is 0 Å². The van der Waals surface area contributed by atoms with Crippen molar-refractivity contribution >= 4 is 11.9 Å². The van der Waals surface area contributed by atoms with Crippen LogP contribution in [0.3, 0.4) is 0 Å². The maximum absolute atomic E-state index is 14.1. The molecule has 9 nitrogen and oxygen atoms in total. The molecular weight excluding hydrogens is 516 g/mol. The summed E-state index contributed by atoms with van der Waals surface area (Å²) in [5.74, 6) is 1.13. The Morgan fingerprint density at radius 2 is 1.40 bits per heavy atom. The minimum absolute atomic E-state index is 0.278. The highest BCUT2D eigenvalue weighted by molar-refractivity contribution is 6.18. The number of ether oxygens (including phenoxy) is 5. The summed E-state index contributed by atoms with van der Waals surface area (Å²) in [6, 6.07) is 8.83. The molecule has 0 aromatic heterocycles. The second kappa shape index (κ2) is 12.0. The molecule has 40 heavy (non-hydrogen) atoms. The first-order valence-electron chi connectivity index (χ1n) is 12.6. The molecule has 9 heteroatoms. The molecule has 1 unspecified atom stereocenters. The van der Waals surface area contributed by atoms with E-state index < -0.39 is 12.5 Å². The first-order chi connectivity index (χ1) is 19.3. The number of aryl methyl sites for hydroxylation is 1. The predicted octanol–water partition coefficient (Wildman–Crippen LogP) is 3.93. The second-order valence-corrected chi connectivity index (χ2v) is 9.30. The number of aliphatic hydroxyl groups is 3. The zero-order valence-electron chi connectivity index (χ0n) is 23.5. The SMILES string of the molecule is COc1cc(C2/C(=C/c3ccc(C)c(OC)c3OC)C(=O)c3cc(CO)c(CO)c(OC)c32)cc(CO)c1OC. The minimum atomic E-state index is -0.683. The van der Waals surface area contributed by atoms with E-state index in [-0.39, 0.29) is 19.0 Å². The average molecular weight is 551 g/mol. The Labute approximate surface area is 233 Å². The van der Waals surface area contributed by atoms with E-state index in [0.29, 0.717) is 73.3 Å². The van der Waals surface area contributed by atoms with Crippen LogP contribution in [0.25, 0.3) is 6.08 Å². The number of hydrogen-bond donors (Lipinski definition) is 3. The van der Waals surface area contributed by atoms with Gasteiger partial charge in [-0.2, -0.15) is 0 Å². The van der Waals surface area contributed by atoms with Crippen LogP contribution in [0.2, 0.25) is 0 Å². The lowest BCUT2D eigenvalue weighted by Crippen LogP contribution is -2.08. The highest BCUT2D eigenvalue weighted by Gasteiger charge is 2.41. The van der Waals surface area contributed by atoms with Gasteiger partial charge in [-0.05, 0) is 47.9 Å². The van der Waals surface area contributed by atoms with Crippen molar-refractivity contribution in [2.45, 2.75) is 32.7 Å². The maximum atomic E-state index is 14.1. The molecule has 3 N–H and O–H groups in total. The van der Waals surface area contributed by atoms with Gasteiger partial charge in [-0.15, -0.1) is 0 Å². The molecule has 3 aromatic rings. The van der Waals surface area contributed by atoms with Crippen molar-refractivity contribution in [3.63, 3.8) is 0 Å². The van der Waals surface area contributed by atoms with Gasteiger partial charge in [0.05, 0.1) is 55.4 Å². The minimum Gasteiger partial charge on any atom is -0.496 e. The van der Waals surface area contributed by atoms with Gasteiger partial charge in [0.15, 0.2) is 28.8 Å². The van der Waals surface area contributed by atoms with Crippen molar-refractivity contribution in [3.8, 4) is 28.7 Å².